The van der Waals surface area contributed by atoms with Crippen LogP contribution >= 0.6 is 0 Å². The quantitative estimate of drug-likeness (QED) is 0.808. The summed E-state index contributed by atoms with van der Waals surface area (Å²) in [6.07, 6.45) is 8.48. The van der Waals surface area contributed by atoms with Gasteiger partial charge in [-0.15, -0.1) is 0 Å². The second-order valence-corrected chi connectivity index (χ2v) is 5.85. The van der Waals surface area contributed by atoms with Crippen LogP contribution in [0.2, 0.25) is 0 Å². The maximum Gasteiger partial charge on any atom is 0.121 e. The predicted molar refractivity (Wildman–Crippen MR) is 82.2 cm³/mol. The average molecular weight is 275 g/mol. The van der Waals surface area contributed by atoms with Crippen LogP contribution in [0.5, 0.6) is 5.75 Å². The molecular weight excluding hydrogens is 250 g/mol. The number of rotatable bonds is 5. The third kappa shape index (κ3) is 4.07. The molecule has 2 unspecified atom stereocenters. The van der Waals surface area contributed by atoms with Gasteiger partial charge in [0.25, 0.3) is 0 Å². The van der Waals surface area contributed by atoms with E-state index < -0.39 is 0 Å². The zero-order valence-electron chi connectivity index (χ0n) is 12.3. The van der Waals surface area contributed by atoms with Gasteiger partial charge in [-0.3, -0.25) is 4.99 Å². The molecule has 1 saturated carbocycles. The molecule has 1 fully saturated rings. The van der Waals surface area contributed by atoms with E-state index in [1.807, 2.05) is 12.3 Å². The Bertz CT molecular complexity index is 456. The molecule has 2 rings (SSSR count). The summed E-state index contributed by atoms with van der Waals surface area (Å²) in [5.74, 6) is 1.75. The van der Waals surface area contributed by atoms with Gasteiger partial charge in [0, 0.05) is 18.3 Å². The van der Waals surface area contributed by atoms with Gasteiger partial charge in [0.2, 0.25) is 0 Å². The minimum Gasteiger partial charge on any atom is -0.508 e. The zero-order chi connectivity index (χ0) is 14.4. The summed E-state index contributed by atoms with van der Waals surface area (Å²) in [4.78, 5) is 4.55. The molecular formula is C17H25NO2. The summed E-state index contributed by atoms with van der Waals surface area (Å²) in [5.41, 5.74) is 1.49. The maximum absolute atomic E-state index is 9.52. The molecule has 1 aliphatic carbocycles. The van der Waals surface area contributed by atoms with Crippen molar-refractivity contribution in [3.8, 4) is 5.75 Å². The summed E-state index contributed by atoms with van der Waals surface area (Å²) >= 11 is 0. The number of aliphatic hydroxyl groups excluding tert-OH is 1. The second kappa shape index (κ2) is 7.44. The number of benzene rings is 1. The van der Waals surface area contributed by atoms with Crippen LogP contribution < -0.4 is 0 Å². The van der Waals surface area contributed by atoms with Gasteiger partial charge in [-0.05, 0) is 48.4 Å². The van der Waals surface area contributed by atoms with Gasteiger partial charge < -0.3 is 10.2 Å². The highest BCUT2D eigenvalue weighted by Crippen LogP contribution is 2.31. The van der Waals surface area contributed by atoms with Crippen molar-refractivity contribution in [3.05, 3.63) is 29.3 Å². The van der Waals surface area contributed by atoms with E-state index in [-0.39, 0.29) is 12.4 Å². The zero-order valence-corrected chi connectivity index (χ0v) is 12.3. The smallest absolute Gasteiger partial charge is 0.121 e. The monoisotopic (exact) mass is 275 g/mol. The van der Waals surface area contributed by atoms with Gasteiger partial charge in [0.15, 0.2) is 0 Å². The fourth-order valence-corrected chi connectivity index (χ4v) is 3.06. The van der Waals surface area contributed by atoms with E-state index in [0.29, 0.717) is 5.56 Å². The molecule has 0 aromatic heterocycles. The van der Waals surface area contributed by atoms with E-state index in [1.54, 1.807) is 12.1 Å². The normalized spacial score (nSPS) is 23.3. The number of nitrogens with zero attached hydrogens (tertiary/aromatic N) is 1. The van der Waals surface area contributed by atoms with E-state index in [2.05, 4.69) is 11.9 Å². The Labute approximate surface area is 121 Å². The van der Waals surface area contributed by atoms with Gasteiger partial charge >= 0.3 is 0 Å². The molecule has 0 radical (unpaired) electrons. The topological polar surface area (TPSA) is 52.8 Å². The first-order chi connectivity index (χ1) is 9.72. The van der Waals surface area contributed by atoms with Gasteiger partial charge in [0.05, 0.1) is 6.61 Å². The highest BCUT2D eigenvalue weighted by molar-refractivity contribution is 5.80. The Hall–Kier alpha value is -1.35. The van der Waals surface area contributed by atoms with Crippen LogP contribution in [0.15, 0.2) is 23.2 Å². The predicted octanol–water partition coefficient (Wildman–Crippen LogP) is 3.52. The first-order valence-corrected chi connectivity index (χ1v) is 7.65. The lowest BCUT2D eigenvalue weighted by Gasteiger charge is -2.27. The standard InChI is InChI=1S/C17H25NO2/c1-2-13-4-3-5-14(8-13)10-18-11-15-6-7-17(20)16(9-15)12-19/h6-7,9,11,13-14,19-20H,2-5,8,10,12H2,1H3. The maximum atomic E-state index is 9.52. The molecule has 3 nitrogen and oxygen atoms in total. The lowest BCUT2D eigenvalue weighted by Crippen LogP contribution is -2.17. The van der Waals surface area contributed by atoms with Crippen LogP contribution in [0.3, 0.4) is 0 Å². The lowest BCUT2D eigenvalue weighted by molar-refractivity contribution is 0.266. The molecule has 110 valence electrons. The van der Waals surface area contributed by atoms with Crippen LogP contribution in [0.25, 0.3) is 0 Å². The number of hydrogen-bond donors (Lipinski definition) is 2. The molecule has 20 heavy (non-hydrogen) atoms. The fourth-order valence-electron chi connectivity index (χ4n) is 3.06. The lowest BCUT2D eigenvalue weighted by atomic mass is 9.80. The number of aliphatic hydroxyl groups is 1. The Balaban J connectivity index is 1.89. The molecule has 2 atom stereocenters. The first kappa shape index (κ1) is 15.0. The van der Waals surface area contributed by atoms with Crippen LogP contribution in [-0.4, -0.2) is 23.0 Å². The number of aromatic hydroxyl groups is 1. The summed E-state index contributed by atoms with van der Waals surface area (Å²) in [7, 11) is 0. The Morgan fingerprint density at radius 2 is 2.10 bits per heavy atom. The molecule has 1 aromatic carbocycles. The SMILES string of the molecule is CCC1CCCC(CN=Cc2ccc(O)c(CO)c2)C1. The van der Waals surface area contributed by atoms with Gasteiger partial charge in [-0.25, -0.2) is 0 Å². The van der Waals surface area contributed by atoms with Gasteiger partial charge in [0.1, 0.15) is 5.75 Å². The van der Waals surface area contributed by atoms with Gasteiger partial charge in [-0.1, -0.05) is 26.2 Å². The molecule has 0 saturated heterocycles. The largest absolute Gasteiger partial charge is 0.508 e. The van der Waals surface area contributed by atoms with Crippen molar-refractivity contribution in [2.45, 2.75) is 45.6 Å². The Kier molecular flexibility index (Phi) is 5.60. The number of phenols is 1. The minimum atomic E-state index is -0.145. The summed E-state index contributed by atoms with van der Waals surface area (Å²) in [6.45, 7) is 3.03. The Morgan fingerprint density at radius 3 is 2.85 bits per heavy atom. The fraction of sp³-hybridized carbons (Fsp3) is 0.588. The van der Waals surface area contributed by atoms with E-state index in [1.165, 1.54) is 32.1 Å². The molecule has 3 heteroatoms. The van der Waals surface area contributed by atoms with Crippen molar-refractivity contribution in [2.75, 3.05) is 6.54 Å². The molecule has 0 heterocycles. The highest BCUT2D eigenvalue weighted by atomic mass is 16.3. The molecule has 0 spiro atoms. The third-order valence-corrected chi connectivity index (χ3v) is 4.35. The van der Waals surface area contributed by atoms with Crippen molar-refractivity contribution >= 4 is 6.21 Å². The second-order valence-electron chi connectivity index (χ2n) is 5.85. The van der Waals surface area contributed by atoms with E-state index in [9.17, 15) is 5.11 Å². The molecule has 0 amide bonds. The van der Waals surface area contributed by atoms with Crippen molar-refractivity contribution < 1.29 is 10.2 Å². The summed E-state index contributed by atoms with van der Waals surface area (Å²) < 4.78 is 0. The van der Waals surface area contributed by atoms with E-state index in [4.69, 9.17) is 5.11 Å². The summed E-state index contributed by atoms with van der Waals surface area (Å²) in [5, 5.41) is 18.6. The van der Waals surface area contributed by atoms with E-state index >= 15 is 0 Å². The van der Waals surface area contributed by atoms with E-state index in [0.717, 1.165) is 23.9 Å². The van der Waals surface area contributed by atoms with Crippen molar-refractivity contribution in [1.29, 1.82) is 0 Å². The summed E-state index contributed by atoms with van der Waals surface area (Å²) in [6, 6.07) is 5.23. The average Bonchev–Trinajstić information content (AvgIpc) is 2.49. The van der Waals surface area contributed by atoms with Gasteiger partial charge in [-0.2, -0.15) is 0 Å². The first-order valence-electron chi connectivity index (χ1n) is 7.65. The van der Waals surface area contributed by atoms with Crippen molar-refractivity contribution in [1.82, 2.24) is 0 Å². The van der Waals surface area contributed by atoms with Crippen molar-refractivity contribution in [3.63, 3.8) is 0 Å². The third-order valence-electron chi connectivity index (χ3n) is 4.35. The van der Waals surface area contributed by atoms with Crippen LogP contribution in [-0.2, 0) is 6.61 Å². The molecule has 2 N–H and O–H groups in total. The van der Waals surface area contributed by atoms with Crippen LogP contribution in [0, 0.1) is 11.8 Å². The molecule has 1 aliphatic rings. The minimum absolute atomic E-state index is 0.141. The molecule has 0 bridgehead atoms. The highest BCUT2D eigenvalue weighted by Gasteiger charge is 2.19. The molecule has 1 aromatic rings. The Morgan fingerprint density at radius 1 is 1.30 bits per heavy atom. The van der Waals surface area contributed by atoms with Crippen LogP contribution in [0.4, 0.5) is 0 Å². The number of aliphatic imine (C=N–C) groups is 1. The van der Waals surface area contributed by atoms with Crippen molar-refractivity contribution in [2.24, 2.45) is 16.8 Å². The number of hydrogen-bond acceptors (Lipinski definition) is 3. The molecule has 0 aliphatic heterocycles. The van der Waals surface area contributed by atoms with Crippen LogP contribution in [0.1, 0.15) is 50.2 Å².